The molecule has 2 aliphatic carbocycles. The van der Waals surface area contributed by atoms with Gasteiger partial charge < -0.3 is 5.73 Å². The lowest BCUT2D eigenvalue weighted by molar-refractivity contribution is -0.142. The summed E-state index contributed by atoms with van der Waals surface area (Å²) < 4.78 is 0. The van der Waals surface area contributed by atoms with Gasteiger partial charge in [0.15, 0.2) is 0 Å². The second kappa shape index (κ2) is 2.24. The van der Waals surface area contributed by atoms with Crippen molar-refractivity contribution in [3.63, 3.8) is 0 Å². The third-order valence-electron chi connectivity index (χ3n) is 4.33. The summed E-state index contributed by atoms with van der Waals surface area (Å²) in [4.78, 5) is 34.6. The predicted molar refractivity (Wildman–Crippen MR) is 48.1 cm³/mol. The van der Waals surface area contributed by atoms with Gasteiger partial charge in [-0.3, -0.25) is 14.4 Å². The van der Waals surface area contributed by atoms with E-state index in [4.69, 9.17) is 5.73 Å². The van der Waals surface area contributed by atoms with Gasteiger partial charge in [0.1, 0.15) is 0 Å². The maximum atomic E-state index is 11.7. The Bertz CT molecular complexity index is 362. The quantitative estimate of drug-likeness (QED) is 0.600. The van der Waals surface area contributed by atoms with Gasteiger partial charge in [0, 0.05) is 11.3 Å². The monoisotopic (exact) mass is 195 g/mol. The summed E-state index contributed by atoms with van der Waals surface area (Å²) in [5.74, 6) is -1.81. The van der Waals surface area contributed by atoms with Crippen molar-refractivity contribution in [3.05, 3.63) is 0 Å². The van der Waals surface area contributed by atoms with Crippen molar-refractivity contribution in [1.29, 1.82) is 0 Å². The zero-order valence-electron chi connectivity index (χ0n) is 8.29. The molecule has 0 aromatic heterocycles. The van der Waals surface area contributed by atoms with Crippen LogP contribution < -0.4 is 5.73 Å². The lowest BCUT2D eigenvalue weighted by atomic mass is 9.68. The number of fused-ring (bicyclic) bond motifs is 2. The molecule has 3 atom stereocenters. The van der Waals surface area contributed by atoms with E-state index in [0.717, 1.165) is 0 Å². The van der Waals surface area contributed by atoms with Gasteiger partial charge >= 0.3 is 0 Å². The number of ketones is 2. The van der Waals surface area contributed by atoms with Gasteiger partial charge in [-0.1, -0.05) is 6.92 Å². The zero-order chi connectivity index (χ0) is 10.7. The van der Waals surface area contributed by atoms with Gasteiger partial charge in [0.2, 0.25) is 17.5 Å². The molecule has 2 rings (SSSR count). The SMILES string of the molecule is CC12CCC(C(=O)C1=O)C2(C)C(N)=O. The number of rotatable bonds is 1. The van der Waals surface area contributed by atoms with E-state index in [2.05, 4.69) is 0 Å². The largest absolute Gasteiger partial charge is 0.369 e. The molecule has 76 valence electrons. The molecule has 0 saturated heterocycles. The van der Waals surface area contributed by atoms with Crippen molar-refractivity contribution in [2.45, 2.75) is 26.7 Å². The highest BCUT2D eigenvalue weighted by Crippen LogP contribution is 2.62. The number of carbonyl (C=O) groups is 3. The molecule has 0 heterocycles. The summed E-state index contributed by atoms with van der Waals surface area (Å²) in [6, 6.07) is 0. The topological polar surface area (TPSA) is 77.2 Å². The molecule has 14 heavy (non-hydrogen) atoms. The molecule has 2 aliphatic rings. The molecule has 2 N–H and O–H groups in total. The lowest BCUT2D eigenvalue weighted by Gasteiger charge is -2.31. The first-order valence-electron chi connectivity index (χ1n) is 4.74. The highest BCUT2D eigenvalue weighted by Gasteiger charge is 2.71. The van der Waals surface area contributed by atoms with Crippen LogP contribution in [0.25, 0.3) is 0 Å². The summed E-state index contributed by atoms with van der Waals surface area (Å²) >= 11 is 0. The van der Waals surface area contributed by atoms with Crippen LogP contribution in [0.15, 0.2) is 0 Å². The van der Waals surface area contributed by atoms with Crippen LogP contribution in [-0.2, 0) is 14.4 Å². The van der Waals surface area contributed by atoms with Crippen LogP contribution in [0, 0.1) is 16.7 Å². The van der Waals surface area contributed by atoms with Crippen LogP contribution in [-0.4, -0.2) is 17.5 Å². The molecule has 0 spiro atoms. The van der Waals surface area contributed by atoms with Gasteiger partial charge in [-0.05, 0) is 19.8 Å². The summed E-state index contributed by atoms with van der Waals surface area (Å²) in [6.45, 7) is 3.33. The van der Waals surface area contributed by atoms with Crippen LogP contribution in [0.1, 0.15) is 26.7 Å². The Balaban J connectivity index is 2.62. The second-order valence-corrected chi connectivity index (χ2v) is 4.68. The molecule has 3 unspecified atom stereocenters. The van der Waals surface area contributed by atoms with Gasteiger partial charge in [-0.25, -0.2) is 0 Å². The smallest absolute Gasteiger partial charge is 0.225 e. The number of hydrogen-bond acceptors (Lipinski definition) is 3. The van der Waals surface area contributed by atoms with Crippen molar-refractivity contribution in [2.75, 3.05) is 0 Å². The van der Waals surface area contributed by atoms with E-state index in [1.165, 1.54) is 0 Å². The lowest BCUT2D eigenvalue weighted by Crippen LogP contribution is -2.45. The van der Waals surface area contributed by atoms with Crippen LogP contribution in [0.5, 0.6) is 0 Å². The van der Waals surface area contributed by atoms with E-state index in [1.54, 1.807) is 13.8 Å². The van der Waals surface area contributed by atoms with Crippen molar-refractivity contribution in [3.8, 4) is 0 Å². The highest BCUT2D eigenvalue weighted by atomic mass is 16.2. The summed E-state index contributed by atoms with van der Waals surface area (Å²) in [6.07, 6.45) is 1.21. The Morgan fingerprint density at radius 2 is 2.00 bits per heavy atom. The average molecular weight is 195 g/mol. The first-order valence-corrected chi connectivity index (χ1v) is 4.74. The first-order chi connectivity index (χ1) is 6.35. The Kier molecular flexibility index (Phi) is 1.50. The van der Waals surface area contributed by atoms with Crippen molar-refractivity contribution < 1.29 is 14.4 Å². The summed E-state index contributed by atoms with van der Waals surface area (Å²) in [5.41, 5.74) is 3.52. The molecule has 2 bridgehead atoms. The normalized spacial score (nSPS) is 46.0. The van der Waals surface area contributed by atoms with E-state index in [-0.39, 0.29) is 0 Å². The number of amides is 1. The second-order valence-electron chi connectivity index (χ2n) is 4.68. The average Bonchev–Trinajstić information content (AvgIpc) is 2.45. The van der Waals surface area contributed by atoms with E-state index >= 15 is 0 Å². The van der Waals surface area contributed by atoms with Gasteiger partial charge in [-0.15, -0.1) is 0 Å². The van der Waals surface area contributed by atoms with E-state index in [0.29, 0.717) is 12.8 Å². The van der Waals surface area contributed by atoms with Crippen molar-refractivity contribution >= 4 is 17.5 Å². The zero-order valence-corrected chi connectivity index (χ0v) is 8.29. The predicted octanol–water partition coefficient (Wildman–Crippen LogP) is 0.0461. The van der Waals surface area contributed by atoms with E-state index < -0.39 is 34.2 Å². The fourth-order valence-electron chi connectivity index (χ4n) is 2.98. The van der Waals surface area contributed by atoms with Gasteiger partial charge in [-0.2, -0.15) is 0 Å². The van der Waals surface area contributed by atoms with E-state index in [9.17, 15) is 14.4 Å². The molecule has 0 aromatic carbocycles. The number of carbonyl (C=O) groups excluding carboxylic acids is 3. The Hall–Kier alpha value is -1.19. The Morgan fingerprint density at radius 1 is 1.43 bits per heavy atom. The summed E-state index contributed by atoms with van der Waals surface area (Å²) in [7, 11) is 0. The number of hydrogen-bond donors (Lipinski definition) is 1. The molecule has 0 aliphatic heterocycles. The van der Waals surface area contributed by atoms with Crippen molar-refractivity contribution in [1.82, 2.24) is 0 Å². The highest BCUT2D eigenvalue weighted by molar-refractivity contribution is 6.44. The van der Waals surface area contributed by atoms with Gasteiger partial charge in [0.25, 0.3) is 0 Å². The maximum Gasteiger partial charge on any atom is 0.225 e. The van der Waals surface area contributed by atoms with Crippen LogP contribution in [0.3, 0.4) is 0 Å². The third-order valence-corrected chi connectivity index (χ3v) is 4.33. The van der Waals surface area contributed by atoms with Crippen LogP contribution >= 0.6 is 0 Å². The Morgan fingerprint density at radius 3 is 2.29 bits per heavy atom. The molecule has 2 saturated carbocycles. The minimum atomic E-state index is -0.957. The fourth-order valence-corrected chi connectivity index (χ4v) is 2.98. The number of nitrogens with two attached hydrogens (primary N) is 1. The fraction of sp³-hybridized carbons (Fsp3) is 0.700. The van der Waals surface area contributed by atoms with Crippen LogP contribution in [0.2, 0.25) is 0 Å². The first kappa shape index (κ1) is 9.37. The number of primary amides is 1. The van der Waals surface area contributed by atoms with Crippen molar-refractivity contribution in [2.24, 2.45) is 22.5 Å². The number of Topliss-reactive ketones (excluding diaryl/α,β-unsaturated/α-hetero) is 2. The minimum Gasteiger partial charge on any atom is -0.369 e. The molecule has 4 nitrogen and oxygen atoms in total. The van der Waals surface area contributed by atoms with Gasteiger partial charge in [0.05, 0.1) is 5.41 Å². The standard InChI is InChI=1S/C10H13NO3/c1-9-4-3-5(6(12)7(9)13)10(9,2)8(11)14/h5H,3-4H2,1-2H3,(H2,11,14). The van der Waals surface area contributed by atoms with E-state index in [1.807, 2.05) is 0 Å². The molecule has 1 amide bonds. The molecular weight excluding hydrogens is 182 g/mol. The molecule has 0 radical (unpaired) electrons. The Labute approximate surface area is 81.8 Å². The molecule has 0 aromatic rings. The molecule has 2 fully saturated rings. The van der Waals surface area contributed by atoms with Crippen LogP contribution in [0.4, 0.5) is 0 Å². The third kappa shape index (κ3) is 0.656. The maximum absolute atomic E-state index is 11.7. The summed E-state index contributed by atoms with van der Waals surface area (Å²) in [5, 5.41) is 0. The minimum absolute atomic E-state index is 0.403. The molecular formula is C10H13NO3. The molecule has 4 heteroatoms.